The molecule has 0 aliphatic carbocycles. The number of carbonyl (C=O) groups excluding carboxylic acids is 2. The van der Waals surface area contributed by atoms with Crippen LogP contribution >= 0.6 is 11.6 Å². The number of amides is 3. The van der Waals surface area contributed by atoms with Crippen molar-refractivity contribution in [3.05, 3.63) is 34.6 Å². The number of carbonyl (C=O) groups is 2. The van der Waals surface area contributed by atoms with Crippen LogP contribution in [-0.2, 0) is 11.3 Å². The average molecular weight is 285 g/mol. The number of nitrogens with one attached hydrogen (secondary N) is 1. The molecule has 0 radical (unpaired) electrons. The first-order valence-corrected chi connectivity index (χ1v) is 6.33. The van der Waals surface area contributed by atoms with Crippen molar-refractivity contribution in [2.24, 2.45) is 0 Å². The molecule has 0 spiro atoms. The second kappa shape index (κ2) is 4.81. The molecule has 0 saturated carbocycles. The minimum atomic E-state index is -0.941. The zero-order valence-electron chi connectivity index (χ0n) is 10.7. The highest BCUT2D eigenvalue weighted by atomic mass is 35.5. The summed E-state index contributed by atoms with van der Waals surface area (Å²) in [5, 5.41) is 2.55. The van der Waals surface area contributed by atoms with E-state index in [1.54, 1.807) is 13.0 Å². The number of halogens is 2. The molecular weight excluding hydrogens is 271 g/mol. The van der Waals surface area contributed by atoms with E-state index in [9.17, 15) is 14.0 Å². The largest absolute Gasteiger partial charge is 0.325 e. The lowest BCUT2D eigenvalue weighted by molar-refractivity contribution is -0.126. The molecule has 4 nitrogen and oxygen atoms in total. The third-order valence-corrected chi connectivity index (χ3v) is 3.82. The highest BCUT2D eigenvalue weighted by Crippen LogP contribution is 2.28. The topological polar surface area (TPSA) is 49.4 Å². The Balaban J connectivity index is 2.31. The van der Waals surface area contributed by atoms with Crippen molar-refractivity contribution < 1.29 is 14.0 Å². The van der Waals surface area contributed by atoms with Crippen molar-refractivity contribution in [1.82, 2.24) is 10.2 Å². The molecule has 1 aliphatic rings. The highest BCUT2D eigenvalue weighted by Gasteiger charge is 2.47. The van der Waals surface area contributed by atoms with Crippen LogP contribution in [0.3, 0.4) is 0 Å². The Labute approximate surface area is 115 Å². The van der Waals surface area contributed by atoms with E-state index in [1.165, 1.54) is 17.0 Å². The molecule has 1 saturated heterocycles. The molecule has 1 aromatic carbocycles. The van der Waals surface area contributed by atoms with Crippen molar-refractivity contribution in [1.29, 1.82) is 0 Å². The van der Waals surface area contributed by atoms with Gasteiger partial charge in [-0.05, 0) is 25.5 Å². The smallest absolute Gasteiger partial charge is 0.306 e. The molecule has 1 aliphatic heterocycles. The summed E-state index contributed by atoms with van der Waals surface area (Å²) in [4.78, 5) is 24.9. The quantitative estimate of drug-likeness (QED) is 0.868. The van der Waals surface area contributed by atoms with Gasteiger partial charge >= 0.3 is 6.03 Å². The molecular formula is C13H14ClFN2O2. The first kappa shape index (κ1) is 13.8. The molecule has 3 amide bonds. The summed E-state index contributed by atoms with van der Waals surface area (Å²) in [6.45, 7) is 3.51. The SMILES string of the molecule is CCC1(C)C(=O)NC(=O)N1Cc1ccc(Cl)cc1F. The molecule has 19 heavy (non-hydrogen) atoms. The molecule has 0 aromatic heterocycles. The molecule has 1 N–H and O–H groups in total. The van der Waals surface area contributed by atoms with E-state index in [-0.39, 0.29) is 12.5 Å². The van der Waals surface area contributed by atoms with Gasteiger partial charge in [-0.2, -0.15) is 0 Å². The molecule has 1 heterocycles. The Morgan fingerprint density at radius 3 is 2.68 bits per heavy atom. The standard InChI is InChI=1S/C13H14ClFN2O2/c1-3-13(2)11(18)16-12(19)17(13)7-8-4-5-9(14)6-10(8)15/h4-6H,3,7H2,1-2H3,(H,16,18,19). The molecule has 2 rings (SSSR count). The minimum Gasteiger partial charge on any atom is -0.306 e. The lowest BCUT2D eigenvalue weighted by Gasteiger charge is -2.30. The minimum absolute atomic E-state index is 0.0327. The maximum Gasteiger partial charge on any atom is 0.325 e. The van der Waals surface area contributed by atoms with Gasteiger partial charge in [0.1, 0.15) is 11.4 Å². The summed E-state index contributed by atoms with van der Waals surface area (Å²) in [6, 6.07) is 3.77. The molecule has 102 valence electrons. The zero-order chi connectivity index (χ0) is 14.2. The summed E-state index contributed by atoms with van der Waals surface area (Å²) < 4.78 is 13.8. The Kier molecular flexibility index (Phi) is 3.49. The Bertz CT molecular complexity index is 549. The van der Waals surface area contributed by atoms with E-state index in [2.05, 4.69) is 5.32 Å². The normalized spacial score (nSPS) is 22.8. The van der Waals surface area contributed by atoms with E-state index in [1.807, 2.05) is 6.92 Å². The van der Waals surface area contributed by atoms with Crippen LogP contribution in [-0.4, -0.2) is 22.4 Å². The van der Waals surface area contributed by atoms with Crippen molar-refractivity contribution in [3.63, 3.8) is 0 Å². The van der Waals surface area contributed by atoms with Crippen LogP contribution < -0.4 is 5.32 Å². The van der Waals surface area contributed by atoms with Gasteiger partial charge < -0.3 is 4.90 Å². The number of rotatable bonds is 3. The first-order chi connectivity index (χ1) is 8.88. The number of urea groups is 1. The van der Waals surface area contributed by atoms with Crippen molar-refractivity contribution in [2.75, 3.05) is 0 Å². The lowest BCUT2D eigenvalue weighted by atomic mass is 9.97. The van der Waals surface area contributed by atoms with Crippen molar-refractivity contribution in [2.45, 2.75) is 32.4 Å². The van der Waals surface area contributed by atoms with Crippen molar-refractivity contribution >= 4 is 23.5 Å². The molecule has 1 atom stereocenters. The van der Waals surface area contributed by atoms with Gasteiger partial charge in [-0.25, -0.2) is 9.18 Å². The fourth-order valence-corrected chi connectivity index (χ4v) is 2.22. The van der Waals surface area contributed by atoms with Gasteiger partial charge in [0.05, 0.1) is 6.54 Å². The summed E-state index contributed by atoms with van der Waals surface area (Å²) in [5.41, 5.74) is -0.614. The van der Waals surface area contributed by atoms with Gasteiger partial charge in [-0.1, -0.05) is 24.6 Å². The van der Waals surface area contributed by atoms with Crippen LogP contribution in [0.5, 0.6) is 0 Å². The number of benzene rings is 1. The molecule has 1 aromatic rings. The molecule has 1 unspecified atom stereocenters. The van der Waals surface area contributed by atoms with E-state index in [4.69, 9.17) is 11.6 Å². The summed E-state index contributed by atoms with van der Waals surface area (Å²) >= 11 is 5.68. The summed E-state index contributed by atoms with van der Waals surface area (Å²) in [6.07, 6.45) is 0.458. The lowest BCUT2D eigenvalue weighted by Crippen LogP contribution is -2.46. The Hall–Kier alpha value is -1.62. The first-order valence-electron chi connectivity index (χ1n) is 5.95. The second-order valence-corrected chi connectivity index (χ2v) is 5.14. The third-order valence-electron chi connectivity index (χ3n) is 3.58. The fourth-order valence-electron chi connectivity index (χ4n) is 2.06. The van der Waals surface area contributed by atoms with Crippen LogP contribution in [0.15, 0.2) is 18.2 Å². The monoisotopic (exact) mass is 284 g/mol. The van der Waals surface area contributed by atoms with Gasteiger partial charge in [0.2, 0.25) is 0 Å². The molecule has 0 bridgehead atoms. The van der Waals surface area contributed by atoms with E-state index in [0.29, 0.717) is 17.0 Å². The molecule has 1 fully saturated rings. The van der Waals surface area contributed by atoms with E-state index < -0.39 is 17.4 Å². The van der Waals surface area contributed by atoms with Crippen LogP contribution in [0.2, 0.25) is 5.02 Å². The third kappa shape index (κ3) is 2.30. The Morgan fingerprint density at radius 1 is 1.42 bits per heavy atom. The number of hydrogen-bond acceptors (Lipinski definition) is 2. The predicted molar refractivity (Wildman–Crippen MR) is 69.2 cm³/mol. The average Bonchev–Trinajstić information content (AvgIpc) is 2.56. The summed E-state index contributed by atoms with van der Waals surface area (Å²) in [7, 11) is 0. The summed E-state index contributed by atoms with van der Waals surface area (Å²) in [5.74, 6) is -0.840. The van der Waals surface area contributed by atoms with Crippen LogP contribution in [0.1, 0.15) is 25.8 Å². The number of hydrogen-bond donors (Lipinski definition) is 1. The maximum atomic E-state index is 13.8. The van der Waals surface area contributed by atoms with Crippen LogP contribution in [0.4, 0.5) is 9.18 Å². The molecule has 6 heteroatoms. The fraction of sp³-hybridized carbons (Fsp3) is 0.385. The van der Waals surface area contributed by atoms with Gasteiger partial charge in [0.25, 0.3) is 5.91 Å². The number of imide groups is 1. The predicted octanol–water partition coefficient (Wildman–Crippen LogP) is 2.70. The van der Waals surface area contributed by atoms with Gasteiger partial charge in [-0.3, -0.25) is 10.1 Å². The van der Waals surface area contributed by atoms with Crippen LogP contribution in [0.25, 0.3) is 0 Å². The van der Waals surface area contributed by atoms with Gasteiger partial charge in [-0.15, -0.1) is 0 Å². The van der Waals surface area contributed by atoms with E-state index >= 15 is 0 Å². The zero-order valence-corrected chi connectivity index (χ0v) is 11.4. The van der Waals surface area contributed by atoms with Crippen molar-refractivity contribution in [3.8, 4) is 0 Å². The van der Waals surface area contributed by atoms with E-state index in [0.717, 1.165) is 0 Å². The van der Waals surface area contributed by atoms with Gasteiger partial charge in [0.15, 0.2) is 0 Å². The Morgan fingerprint density at radius 2 is 2.11 bits per heavy atom. The van der Waals surface area contributed by atoms with Gasteiger partial charge in [0, 0.05) is 10.6 Å². The van der Waals surface area contributed by atoms with Crippen LogP contribution in [0, 0.1) is 5.82 Å². The highest BCUT2D eigenvalue weighted by molar-refractivity contribution is 6.30. The number of nitrogens with zero attached hydrogens (tertiary/aromatic N) is 1. The second-order valence-electron chi connectivity index (χ2n) is 4.71. The maximum absolute atomic E-state index is 13.8.